The minimum Gasteiger partial charge on any atom is -0.508 e. The van der Waals surface area contributed by atoms with E-state index in [0.717, 1.165) is 21.6 Å². The lowest BCUT2D eigenvalue weighted by molar-refractivity contribution is -0.162. The minimum absolute atomic E-state index is 0.0438. The number of hydrogen-bond donors (Lipinski definition) is 6. The van der Waals surface area contributed by atoms with Crippen LogP contribution in [-0.2, 0) is 41.5 Å². The molecule has 0 radical (unpaired) electrons. The van der Waals surface area contributed by atoms with E-state index in [1.165, 1.54) is 24.3 Å². The van der Waals surface area contributed by atoms with Gasteiger partial charge in [-0.2, -0.15) is 0 Å². The van der Waals surface area contributed by atoms with Crippen molar-refractivity contribution in [2.45, 2.75) is 37.0 Å². The maximum absolute atomic E-state index is 12.1. The molecule has 0 bridgehead atoms. The van der Waals surface area contributed by atoms with E-state index in [0.29, 0.717) is 11.1 Å². The number of phenols is 2. The molecule has 0 aromatic heterocycles. The Morgan fingerprint density at radius 1 is 0.579 bits per heavy atom. The number of esters is 4. The zero-order chi connectivity index (χ0) is 28.2. The van der Waals surface area contributed by atoms with E-state index >= 15 is 0 Å². The molecule has 38 heavy (non-hydrogen) atoms. The number of phenolic OH excluding ortho intramolecular Hbond substituents is 2. The third kappa shape index (κ3) is 10.7. The van der Waals surface area contributed by atoms with Gasteiger partial charge in [-0.05, 0) is 48.2 Å². The van der Waals surface area contributed by atoms with Gasteiger partial charge in [0.2, 0.25) is 0 Å². The van der Waals surface area contributed by atoms with Crippen LogP contribution in [0, 0.1) is 0 Å². The van der Waals surface area contributed by atoms with Crippen LogP contribution in [0.1, 0.15) is 11.1 Å². The summed E-state index contributed by atoms with van der Waals surface area (Å²) in [6.07, 6.45) is 0.203. The van der Waals surface area contributed by atoms with Crippen molar-refractivity contribution in [2.75, 3.05) is 11.5 Å². The fourth-order valence-corrected chi connectivity index (χ4v) is 5.03. The van der Waals surface area contributed by atoms with Crippen LogP contribution in [0.15, 0.2) is 48.5 Å². The maximum Gasteiger partial charge on any atom is 0.331 e. The van der Waals surface area contributed by atoms with Crippen molar-refractivity contribution >= 4 is 45.5 Å². The lowest BCUT2D eigenvalue weighted by Gasteiger charge is -2.15. The Labute approximate surface area is 226 Å². The molecule has 12 nitrogen and oxygen atoms in total. The molecular weight excluding hydrogens is 536 g/mol. The average molecular weight is 567 g/mol. The third-order valence-electron chi connectivity index (χ3n) is 4.98. The lowest BCUT2D eigenvalue weighted by atomic mass is 10.1. The molecule has 0 fully saturated rings. The Kier molecular flexibility index (Phi) is 12.5. The second kappa shape index (κ2) is 15.3. The molecule has 0 amide bonds. The van der Waals surface area contributed by atoms with Crippen molar-refractivity contribution in [1.82, 2.24) is 0 Å². The van der Waals surface area contributed by atoms with Crippen molar-refractivity contribution in [1.29, 1.82) is 0 Å². The fraction of sp³-hybridized carbons (Fsp3) is 0.333. The molecule has 0 aliphatic heterocycles. The fourth-order valence-electron chi connectivity index (χ4n) is 2.82. The van der Waals surface area contributed by atoms with Gasteiger partial charge >= 0.3 is 23.9 Å². The van der Waals surface area contributed by atoms with Crippen molar-refractivity contribution in [3.05, 3.63) is 59.7 Å². The molecule has 206 valence electrons. The molecule has 10 N–H and O–H groups in total. The number of benzene rings is 2. The normalized spacial score (nSPS) is 14.1. The molecule has 0 unspecified atom stereocenters. The summed E-state index contributed by atoms with van der Waals surface area (Å²) in [6, 6.07) is 7.67. The molecule has 0 heterocycles. The average Bonchev–Trinajstić information content (AvgIpc) is 2.88. The van der Waals surface area contributed by atoms with Crippen LogP contribution in [0.4, 0.5) is 0 Å². The Balaban J connectivity index is 1.65. The van der Waals surface area contributed by atoms with Gasteiger partial charge in [-0.3, -0.25) is 0 Å². The summed E-state index contributed by atoms with van der Waals surface area (Å²) >= 11 is 0. The van der Waals surface area contributed by atoms with E-state index in [1.54, 1.807) is 24.3 Å². The Hall–Kier alpha value is -3.14. The van der Waals surface area contributed by atoms with Crippen LogP contribution in [0.2, 0.25) is 0 Å². The number of carbonyl (C=O) groups excluding carboxylic acids is 4. The summed E-state index contributed by atoms with van der Waals surface area (Å²) in [7, 11) is 2.22. The molecule has 0 spiro atoms. The lowest BCUT2D eigenvalue weighted by Crippen LogP contribution is -2.42. The quantitative estimate of drug-likeness (QED) is 0.0792. The first kappa shape index (κ1) is 31.1. The molecule has 2 rings (SSSR count). The smallest absolute Gasteiger partial charge is 0.331 e. The number of ether oxygens (including phenoxy) is 2. The zero-order valence-corrected chi connectivity index (χ0v) is 21.9. The van der Waals surface area contributed by atoms with Gasteiger partial charge in [-0.1, -0.05) is 45.9 Å². The monoisotopic (exact) mass is 566 g/mol. The van der Waals surface area contributed by atoms with Gasteiger partial charge in [-0.25, -0.2) is 19.2 Å². The third-order valence-corrected chi connectivity index (χ3v) is 7.45. The largest absolute Gasteiger partial charge is 0.508 e. The second-order valence-corrected chi connectivity index (χ2v) is 10.8. The maximum atomic E-state index is 12.1. The second-order valence-electron chi connectivity index (χ2n) is 8.22. The van der Waals surface area contributed by atoms with E-state index in [1.807, 2.05) is 0 Å². The predicted molar refractivity (Wildman–Crippen MR) is 143 cm³/mol. The van der Waals surface area contributed by atoms with Crippen LogP contribution in [0.5, 0.6) is 11.5 Å². The summed E-state index contributed by atoms with van der Waals surface area (Å²) < 4.78 is 9.48. The van der Waals surface area contributed by atoms with E-state index in [4.69, 9.17) is 32.4 Å². The number of rotatable bonds is 13. The van der Waals surface area contributed by atoms with Crippen molar-refractivity contribution in [3.63, 3.8) is 0 Å². The first-order chi connectivity index (χ1) is 18.0. The number of carbonyl (C=O) groups is 4. The van der Waals surface area contributed by atoms with Gasteiger partial charge in [0.1, 0.15) is 35.7 Å². The summed E-state index contributed by atoms with van der Waals surface area (Å²) in [6.45, 7) is 0. The predicted octanol–water partition coefficient (Wildman–Crippen LogP) is -0.287. The van der Waals surface area contributed by atoms with Gasteiger partial charge in [0.05, 0.1) is 0 Å². The summed E-state index contributed by atoms with van der Waals surface area (Å²) in [5, 5.41) is 18.6. The van der Waals surface area contributed by atoms with Crippen LogP contribution in [-0.4, -0.2) is 69.8 Å². The molecule has 0 aliphatic rings. The highest BCUT2D eigenvalue weighted by atomic mass is 33.1. The van der Waals surface area contributed by atoms with Crippen molar-refractivity contribution < 1.29 is 38.9 Å². The standard InChI is InChI=1S/C24H30N4O8S2/c25-17(9-13-1-5-15(29)6-2-13)21(31)35-23(33)19(27)11-37-38-12-20(28)24(34)36-22(32)18(26)10-14-3-7-16(30)8-4-14/h1-8,17-20,29-30H,9-12,25-28H2/t17-,18-,19-,20-/m0/s1. The van der Waals surface area contributed by atoms with Gasteiger partial charge in [0.25, 0.3) is 0 Å². The van der Waals surface area contributed by atoms with Crippen molar-refractivity contribution in [3.8, 4) is 11.5 Å². The summed E-state index contributed by atoms with van der Waals surface area (Å²) in [5.74, 6) is -3.56. The van der Waals surface area contributed by atoms with E-state index < -0.39 is 48.0 Å². The first-order valence-corrected chi connectivity index (χ1v) is 13.8. The Morgan fingerprint density at radius 2 is 0.868 bits per heavy atom. The molecular formula is C24H30N4O8S2. The molecule has 0 saturated carbocycles. The van der Waals surface area contributed by atoms with Crippen LogP contribution in [0.25, 0.3) is 0 Å². The van der Waals surface area contributed by atoms with Crippen molar-refractivity contribution in [2.24, 2.45) is 22.9 Å². The van der Waals surface area contributed by atoms with Crippen LogP contribution >= 0.6 is 21.6 Å². The van der Waals surface area contributed by atoms with E-state index in [-0.39, 0.29) is 35.8 Å². The topological polar surface area (TPSA) is 231 Å². The molecule has 2 aromatic carbocycles. The van der Waals surface area contributed by atoms with E-state index in [2.05, 4.69) is 0 Å². The SMILES string of the molecule is N[C@@H](CSSC[C@H](N)C(=O)OC(=O)[C@@H](N)Cc1ccc(O)cc1)C(=O)OC(=O)[C@@H](N)Cc1ccc(O)cc1. The first-order valence-electron chi connectivity index (χ1n) is 11.3. The molecule has 2 aromatic rings. The molecule has 4 atom stereocenters. The van der Waals surface area contributed by atoms with Crippen LogP contribution < -0.4 is 22.9 Å². The number of nitrogens with two attached hydrogens (primary N) is 4. The van der Waals surface area contributed by atoms with Gasteiger partial charge in [0.15, 0.2) is 0 Å². The molecule has 0 saturated heterocycles. The molecule has 0 aliphatic carbocycles. The minimum atomic E-state index is -1.14. The Morgan fingerprint density at radius 3 is 1.18 bits per heavy atom. The highest BCUT2D eigenvalue weighted by Crippen LogP contribution is 2.23. The highest BCUT2D eigenvalue weighted by molar-refractivity contribution is 8.76. The van der Waals surface area contributed by atoms with E-state index in [9.17, 15) is 29.4 Å². The van der Waals surface area contributed by atoms with Crippen LogP contribution in [0.3, 0.4) is 0 Å². The number of aromatic hydroxyl groups is 2. The Bertz CT molecular complexity index is 1010. The number of hydrogen-bond acceptors (Lipinski definition) is 14. The summed E-state index contributed by atoms with van der Waals surface area (Å²) in [4.78, 5) is 48.3. The van der Waals surface area contributed by atoms with Gasteiger partial charge in [0, 0.05) is 11.5 Å². The summed E-state index contributed by atoms with van der Waals surface area (Å²) in [5.41, 5.74) is 24.4. The highest BCUT2D eigenvalue weighted by Gasteiger charge is 2.25. The zero-order valence-electron chi connectivity index (χ0n) is 20.2. The van der Waals surface area contributed by atoms with Gasteiger partial charge < -0.3 is 42.6 Å². The van der Waals surface area contributed by atoms with Gasteiger partial charge in [-0.15, -0.1) is 0 Å². The molecule has 14 heteroatoms.